The average molecular weight is 336 g/mol. The first-order chi connectivity index (χ1) is 11.4. The fraction of sp³-hybridized carbons (Fsp3) is 0.600. The van der Waals surface area contributed by atoms with Crippen LogP contribution in [0.15, 0.2) is 12.7 Å². The monoisotopic (exact) mass is 336 g/mol. The van der Waals surface area contributed by atoms with Gasteiger partial charge in [-0.15, -0.1) is 0 Å². The lowest BCUT2D eigenvalue weighted by Crippen LogP contribution is -2.38. The van der Waals surface area contributed by atoms with Crippen LogP contribution in [0.25, 0.3) is 11.2 Å². The van der Waals surface area contributed by atoms with E-state index in [9.17, 15) is 4.79 Å². The van der Waals surface area contributed by atoms with E-state index in [1.54, 1.807) is 13.3 Å². The molecular formula is C15H24N6O3. The third-order valence-corrected chi connectivity index (χ3v) is 3.35. The molecule has 9 nitrogen and oxygen atoms in total. The van der Waals surface area contributed by atoms with Crippen molar-refractivity contribution in [3.63, 3.8) is 0 Å². The number of fused-ring (bicyclic) bond motifs is 1. The molecule has 0 aromatic carbocycles. The number of carbonyl (C=O) groups excluding carboxylic acids is 1. The zero-order chi connectivity index (χ0) is 17.7. The molecule has 0 aliphatic rings. The average Bonchev–Trinajstić information content (AvgIpc) is 2.91. The molecule has 24 heavy (non-hydrogen) atoms. The number of carbonyl (C=O) groups is 1. The van der Waals surface area contributed by atoms with Crippen molar-refractivity contribution in [2.45, 2.75) is 52.5 Å². The second-order valence-corrected chi connectivity index (χ2v) is 5.86. The third-order valence-electron chi connectivity index (χ3n) is 3.35. The van der Waals surface area contributed by atoms with Gasteiger partial charge in [-0.1, -0.05) is 0 Å². The van der Waals surface area contributed by atoms with Crippen LogP contribution in [0, 0.1) is 0 Å². The molecule has 9 heteroatoms. The molecule has 0 saturated carbocycles. The zero-order valence-electron chi connectivity index (χ0n) is 14.4. The van der Waals surface area contributed by atoms with E-state index in [1.807, 2.05) is 25.3 Å². The maximum absolute atomic E-state index is 11.7. The van der Waals surface area contributed by atoms with Crippen molar-refractivity contribution in [3.05, 3.63) is 12.7 Å². The molecule has 0 aliphatic heterocycles. The number of rotatable bonds is 8. The van der Waals surface area contributed by atoms with Gasteiger partial charge in [0.2, 0.25) is 0 Å². The molecule has 3 N–H and O–H groups in total. The number of ether oxygens (including phenoxy) is 2. The molecule has 0 bridgehead atoms. The second-order valence-electron chi connectivity index (χ2n) is 5.86. The van der Waals surface area contributed by atoms with Crippen LogP contribution in [0.1, 0.15) is 27.7 Å². The summed E-state index contributed by atoms with van der Waals surface area (Å²) in [4.78, 5) is 24.0. The minimum Gasteiger partial charge on any atom is -0.462 e. The van der Waals surface area contributed by atoms with Crippen LogP contribution < -0.4 is 11.1 Å². The fourth-order valence-corrected chi connectivity index (χ4v) is 2.10. The molecule has 0 saturated heterocycles. The van der Waals surface area contributed by atoms with Gasteiger partial charge in [0, 0.05) is 0 Å². The van der Waals surface area contributed by atoms with Gasteiger partial charge in [0.15, 0.2) is 11.5 Å². The lowest BCUT2D eigenvalue weighted by atomic mass is 10.3. The van der Waals surface area contributed by atoms with Gasteiger partial charge in [-0.25, -0.2) is 15.0 Å². The van der Waals surface area contributed by atoms with E-state index in [2.05, 4.69) is 20.3 Å². The second kappa shape index (κ2) is 8.02. The third kappa shape index (κ3) is 4.62. The van der Waals surface area contributed by atoms with Crippen LogP contribution in [0.5, 0.6) is 0 Å². The number of hydrogen-bond donors (Lipinski definition) is 2. The van der Waals surface area contributed by atoms with Gasteiger partial charge < -0.3 is 19.8 Å². The summed E-state index contributed by atoms with van der Waals surface area (Å²) in [6, 6.07) is -0.429. The topological polar surface area (TPSA) is 117 Å². The van der Waals surface area contributed by atoms with Crippen LogP contribution in [0.2, 0.25) is 0 Å². The SMILES string of the molecule is CC(C)OC(=O)[C@H](C)NCO[C@H](C)Cn1cnc2c(N)ncnc21. The normalized spacial score (nSPS) is 14.0. The van der Waals surface area contributed by atoms with E-state index in [1.165, 1.54) is 6.33 Å². The zero-order valence-corrected chi connectivity index (χ0v) is 14.4. The highest BCUT2D eigenvalue weighted by Crippen LogP contribution is 2.14. The molecule has 2 atom stereocenters. The first-order valence-corrected chi connectivity index (χ1v) is 7.85. The minimum absolute atomic E-state index is 0.112. The number of hydrogen-bond acceptors (Lipinski definition) is 8. The first kappa shape index (κ1) is 18.1. The van der Waals surface area contributed by atoms with Crippen molar-refractivity contribution in [1.29, 1.82) is 0 Å². The lowest BCUT2D eigenvalue weighted by Gasteiger charge is -2.18. The van der Waals surface area contributed by atoms with E-state index in [0.717, 1.165) is 0 Å². The number of nitrogen functional groups attached to an aromatic ring is 1. The minimum atomic E-state index is -0.429. The number of esters is 1. The predicted molar refractivity (Wildman–Crippen MR) is 89.0 cm³/mol. The number of nitrogens with two attached hydrogens (primary N) is 1. The van der Waals surface area contributed by atoms with E-state index in [4.69, 9.17) is 15.2 Å². The molecular weight excluding hydrogens is 312 g/mol. The Balaban J connectivity index is 1.82. The van der Waals surface area contributed by atoms with E-state index < -0.39 is 6.04 Å². The number of imidazole rings is 1. The maximum Gasteiger partial charge on any atom is 0.323 e. The molecule has 0 unspecified atom stereocenters. The number of aromatic nitrogens is 4. The highest BCUT2D eigenvalue weighted by atomic mass is 16.5. The van der Waals surface area contributed by atoms with Gasteiger partial charge in [-0.05, 0) is 27.7 Å². The van der Waals surface area contributed by atoms with Crippen LogP contribution in [0.4, 0.5) is 5.82 Å². The highest BCUT2D eigenvalue weighted by Gasteiger charge is 2.16. The Bertz CT molecular complexity index is 687. The molecule has 2 aromatic heterocycles. The van der Waals surface area contributed by atoms with Gasteiger partial charge in [0.25, 0.3) is 0 Å². The summed E-state index contributed by atoms with van der Waals surface area (Å²) in [6.45, 7) is 8.08. The molecule has 2 rings (SSSR count). The Morgan fingerprint density at radius 1 is 1.29 bits per heavy atom. The van der Waals surface area contributed by atoms with Crippen molar-refractivity contribution >= 4 is 23.0 Å². The standard InChI is InChI=1S/C15H24N6O3/c1-9(2)24-15(22)11(4)20-8-23-10(3)5-21-7-19-12-13(16)17-6-18-14(12)21/h6-7,9-11,20H,5,8H2,1-4H3,(H2,16,17,18)/t10-,11+/m1/s1. The summed E-state index contributed by atoms with van der Waals surface area (Å²) in [5, 5.41) is 2.98. The molecule has 0 radical (unpaired) electrons. The summed E-state index contributed by atoms with van der Waals surface area (Å²) in [7, 11) is 0. The summed E-state index contributed by atoms with van der Waals surface area (Å²) in [6.07, 6.45) is 2.82. The van der Waals surface area contributed by atoms with Crippen molar-refractivity contribution in [3.8, 4) is 0 Å². The van der Waals surface area contributed by atoms with Gasteiger partial charge >= 0.3 is 5.97 Å². The molecule has 2 aromatic rings. The van der Waals surface area contributed by atoms with Gasteiger partial charge in [0.05, 0.1) is 31.8 Å². The maximum atomic E-state index is 11.7. The van der Waals surface area contributed by atoms with Crippen LogP contribution in [-0.2, 0) is 20.8 Å². The van der Waals surface area contributed by atoms with Gasteiger partial charge in [-0.2, -0.15) is 0 Å². The Morgan fingerprint density at radius 2 is 2.04 bits per heavy atom. The number of nitrogens with zero attached hydrogens (tertiary/aromatic N) is 4. The predicted octanol–water partition coefficient (Wildman–Crippen LogP) is 0.701. The summed E-state index contributed by atoms with van der Waals surface area (Å²) >= 11 is 0. The molecule has 0 aliphatic carbocycles. The first-order valence-electron chi connectivity index (χ1n) is 7.85. The number of nitrogens with one attached hydrogen (secondary N) is 1. The van der Waals surface area contributed by atoms with Gasteiger partial charge in [-0.3, -0.25) is 10.1 Å². The van der Waals surface area contributed by atoms with E-state index in [-0.39, 0.29) is 24.9 Å². The van der Waals surface area contributed by atoms with Crippen molar-refractivity contribution in [2.24, 2.45) is 0 Å². The largest absolute Gasteiger partial charge is 0.462 e. The Hall–Kier alpha value is -2.26. The van der Waals surface area contributed by atoms with Crippen molar-refractivity contribution < 1.29 is 14.3 Å². The summed E-state index contributed by atoms with van der Waals surface area (Å²) in [5.41, 5.74) is 7.01. The van der Waals surface area contributed by atoms with E-state index in [0.29, 0.717) is 23.5 Å². The molecule has 0 amide bonds. The van der Waals surface area contributed by atoms with Gasteiger partial charge in [0.1, 0.15) is 17.9 Å². The molecule has 132 valence electrons. The summed E-state index contributed by atoms with van der Waals surface area (Å²) in [5.74, 6) is 0.0560. The molecule has 2 heterocycles. The van der Waals surface area contributed by atoms with Crippen LogP contribution >= 0.6 is 0 Å². The smallest absolute Gasteiger partial charge is 0.323 e. The van der Waals surface area contributed by atoms with Crippen molar-refractivity contribution in [1.82, 2.24) is 24.8 Å². The Kier molecular flexibility index (Phi) is 6.04. The van der Waals surface area contributed by atoms with E-state index >= 15 is 0 Å². The Morgan fingerprint density at radius 3 is 2.75 bits per heavy atom. The fourth-order valence-electron chi connectivity index (χ4n) is 2.10. The van der Waals surface area contributed by atoms with Crippen LogP contribution in [-0.4, -0.2) is 50.5 Å². The summed E-state index contributed by atoms with van der Waals surface area (Å²) < 4.78 is 12.7. The molecule has 0 spiro atoms. The van der Waals surface area contributed by atoms with Crippen LogP contribution in [0.3, 0.4) is 0 Å². The highest BCUT2D eigenvalue weighted by molar-refractivity contribution is 5.81. The van der Waals surface area contributed by atoms with Crippen molar-refractivity contribution in [2.75, 3.05) is 12.5 Å². The molecule has 0 fully saturated rings. The quantitative estimate of drug-likeness (QED) is 0.534. The lowest BCUT2D eigenvalue weighted by molar-refractivity contribution is -0.150. The number of anilines is 1. The Labute approximate surface area is 140 Å².